The van der Waals surface area contributed by atoms with Gasteiger partial charge in [0.15, 0.2) is 0 Å². The van der Waals surface area contributed by atoms with E-state index in [1.54, 1.807) is 33.7 Å². The number of allylic oxidation sites excluding steroid dienone is 1. The van der Waals surface area contributed by atoms with E-state index in [-0.39, 0.29) is 42.7 Å². The number of benzene rings is 4. The van der Waals surface area contributed by atoms with Gasteiger partial charge in [0.05, 0.1) is 17.8 Å². The maximum absolute atomic E-state index is 11.8. The number of nitrogen functional groups attached to an aromatic ring is 2. The summed E-state index contributed by atoms with van der Waals surface area (Å²) in [5.74, 6) is -1.03. The molecule has 0 heterocycles. The molecule has 298 valence electrons. The number of carbonyl (C=O) groups is 4. The predicted octanol–water partition coefficient (Wildman–Crippen LogP) is 12.9. The maximum Gasteiger partial charge on any atom is 0.307 e. The quantitative estimate of drug-likeness (QED) is 0.0238. The number of anilines is 4. The molecule has 0 aliphatic rings. The molecule has 56 heavy (non-hydrogen) atoms. The molecule has 0 atom stereocenters. The van der Waals surface area contributed by atoms with Crippen molar-refractivity contribution in [2.45, 2.75) is 45.3 Å². The summed E-state index contributed by atoms with van der Waals surface area (Å²) in [6.45, 7) is 13.7. The van der Waals surface area contributed by atoms with E-state index in [4.69, 9.17) is 28.2 Å². The number of para-hydroxylation sites is 4. The molecule has 0 fully saturated rings. The van der Waals surface area contributed by atoms with Gasteiger partial charge in [-0.05, 0) is 60.1 Å². The van der Waals surface area contributed by atoms with Gasteiger partial charge in [-0.25, -0.2) is 0 Å². The first-order chi connectivity index (χ1) is 26.9. The van der Waals surface area contributed by atoms with Gasteiger partial charge in [0.1, 0.15) is 0 Å². The van der Waals surface area contributed by atoms with Crippen LogP contribution in [0.1, 0.15) is 25.7 Å². The Kier molecular flexibility index (Phi) is 31.8. The molecule has 2 amide bonds. The lowest BCUT2D eigenvalue weighted by Crippen LogP contribution is -2.10. The Hall–Kier alpha value is -3.33. The third kappa shape index (κ3) is 25.0. The Labute approximate surface area is 373 Å². The van der Waals surface area contributed by atoms with Crippen molar-refractivity contribution in [1.82, 2.24) is 0 Å². The van der Waals surface area contributed by atoms with Crippen molar-refractivity contribution >= 4 is 138 Å². The Morgan fingerprint density at radius 1 is 0.554 bits per heavy atom. The first kappa shape index (κ1) is 52.7. The van der Waals surface area contributed by atoms with E-state index >= 15 is 0 Å². The SMILES string of the molecule is C=CCC(=O)Cl.C=CCC(=O)Nc1ccccc1SSc1ccccc1NC(=O)CC=C.C=CCC(=O)O.II.Nc1ccccc1SSc1ccccc1N. The first-order valence-corrected chi connectivity index (χ1v) is 27.1. The van der Waals surface area contributed by atoms with Crippen LogP contribution in [0.25, 0.3) is 0 Å². The van der Waals surface area contributed by atoms with Crippen molar-refractivity contribution in [3.63, 3.8) is 0 Å². The van der Waals surface area contributed by atoms with Gasteiger partial charge in [-0.2, -0.15) is 0 Å². The van der Waals surface area contributed by atoms with Crippen LogP contribution in [0.4, 0.5) is 22.7 Å². The Bertz CT molecular complexity index is 1740. The second kappa shape index (κ2) is 33.8. The molecule has 0 aliphatic carbocycles. The van der Waals surface area contributed by atoms with Gasteiger partial charge in [-0.15, -0.1) is 26.3 Å². The van der Waals surface area contributed by atoms with Crippen LogP contribution in [0, 0.1) is 0 Å². The fourth-order valence-corrected chi connectivity index (χ4v) is 8.09. The van der Waals surface area contributed by atoms with Crippen LogP contribution in [0.15, 0.2) is 167 Å². The summed E-state index contributed by atoms with van der Waals surface area (Å²) < 4.78 is 0. The highest BCUT2D eigenvalue weighted by atomic mass is 128. The highest BCUT2D eigenvalue weighted by Crippen LogP contribution is 2.44. The van der Waals surface area contributed by atoms with Gasteiger partial charge in [-0.1, -0.05) is 116 Å². The minimum atomic E-state index is -0.829. The molecule has 0 saturated heterocycles. The molecular weight excluding hydrogens is 1030 g/mol. The number of carbonyl (C=O) groups excluding carboxylic acids is 3. The minimum absolute atomic E-state index is 0.0556. The number of amides is 2. The summed E-state index contributed by atoms with van der Waals surface area (Å²) in [6.07, 6.45) is 6.82. The molecule has 4 aromatic carbocycles. The number of hydrogen-bond acceptors (Lipinski definition) is 10. The predicted molar refractivity (Wildman–Crippen MR) is 261 cm³/mol. The van der Waals surface area contributed by atoms with E-state index < -0.39 is 5.97 Å². The van der Waals surface area contributed by atoms with E-state index in [0.29, 0.717) is 0 Å². The lowest BCUT2D eigenvalue weighted by Gasteiger charge is -2.12. The molecule has 4 aromatic rings. The molecule has 9 nitrogen and oxygen atoms in total. The molecule has 0 unspecified atom stereocenters. The van der Waals surface area contributed by atoms with Gasteiger partial charge in [0.2, 0.25) is 17.1 Å². The summed E-state index contributed by atoms with van der Waals surface area (Å²) in [5, 5.41) is 13.3. The molecule has 4 rings (SSSR count). The number of carboxylic acid groups (broad SMARTS) is 1. The van der Waals surface area contributed by atoms with Gasteiger partial charge in [0.25, 0.3) is 0 Å². The minimum Gasteiger partial charge on any atom is -0.481 e. The van der Waals surface area contributed by atoms with Crippen LogP contribution in [0.3, 0.4) is 0 Å². The van der Waals surface area contributed by atoms with Crippen molar-refractivity contribution < 1.29 is 24.3 Å². The molecule has 0 bridgehead atoms. The van der Waals surface area contributed by atoms with E-state index in [0.717, 1.165) is 42.3 Å². The monoisotopic (exact) mass is 1080 g/mol. The van der Waals surface area contributed by atoms with Crippen molar-refractivity contribution in [1.29, 1.82) is 0 Å². The van der Waals surface area contributed by atoms with Crippen LogP contribution in [0.5, 0.6) is 0 Å². The highest BCUT2D eigenvalue weighted by Gasteiger charge is 2.10. The molecule has 16 heteroatoms. The molecule has 0 aromatic heterocycles. The van der Waals surface area contributed by atoms with Gasteiger partial charge >= 0.3 is 5.97 Å². The van der Waals surface area contributed by atoms with Crippen LogP contribution in [-0.2, 0) is 19.2 Å². The number of nitrogens with two attached hydrogens (primary N) is 2. The van der Waals surface area contributed by atoms with Crippen molar-refractivity contribution in [3.05, 3.63) is 148 Å². The summed E-state index contributed by atoms with van der Waals surface area (Å²) in [6, 6.07) is 30.8. The number of halogens is 3. The van der Waals surface area contributed by atoms with Gasteiger partial charge in [0, 0.05) is 87.5 Å². The molecule has 0 aliphatic heterocycles. The zero-order chi connectivity index (χ0) is 42.1. The van der Waals surface area contributed by atoms with E-state index in [9.17, 15) is 19.2 Å². The summed E-state index contributed by atoms with van der Waals surface area (Å²) in [5.41, 5.74) is 14.8. The highest BCUT2D eigenvalue weighted by molar-refractivity contribution is 15.0. The second-order valence-electron chi connectivity index (χ2n) is 10.2. The fourth-order valence-electron chi connectivity index (χ4n) is 3.48. The van der Waals surface area contributed by atoms with E-state index in [1.807, 2.05) is 97.1 Å². The summed E-state index contributed by atoms with van der Waals surface area (Å²) in [7, 11) is 6.29. The van der Waals surface area contributed by atoms with E-state index in [1.165, 1.54) is 33.7 Å². The summed E-state index contributed by atoms with van der Waals surface area (Å²) >= 11 is 9.11. The average molecular weight is 1080 g/mol. The smallest absolute Gasteiger partial charge is 0.307 e. The largest absolute Gasteiger partial charge is 0.481 e. The van der Waals surface area contributed by atoms with Gasteiger partial charge < -0.3 is 27.2 Å². The standard InChI is InChI=1S/C20H20N2O2S2.C12H12N2S2.C4H5ClO.C4H6O2.I2/c1-3-9-19(23)21-15-11-5-7-13-17(15)25-26-18-14-8-6-12-16(18)22-20(24)10-4-2;13-9-5-1-3-7-11(9)15-16-12-8-4-2-6-10(12)14;2*1-2-3-4(5)6;1-2/h3-8,11-14H,1-2,9-10H2,(H,21,23)(H,22,24);1-8H,13-14H2;2H,1,3H2;2H,1,3H2,(H,5,6);. The zero-order valence-corrected chi connectivity index (χ0v) is 38.5. The summed E-state index contributed by atoms with van der Waals surface area (Å²) in [4.78, 5) is 46.9. The Morgan fingerprint density at radius 3 is 1.12 bits per heavy atom. The van der Waals surface area contributed by atoms with E-state index in [2.05, 4.69) is 74.2 Å². The number of aliphatic carboxylic acids is 1. The van der Waals surface area contributed by atoms with Gasteiger partial charge in [-0.3, -0.25) is 19.2 Å². The number of carboxylic acids is 1. The molecule has 0 radical (unpaired) electrons. The van der Waals surface area contributed by atoms with Crippen LogP contribution < -0.4 is 22.1 Å². The third-order valence-corrected chi connectivity index (χ3v) is 11.0. The maximum atomic E-state index is 11.8. The van der Waals surface area contributed by atoms with Crippen LogP contribution in [-0.4, -0.2) is 28.1 Å². The second-order valence-corrected chi connectivity index (χ2v) is 15.1. The Balaban J connectivity index is 0.000000849. The number of rotatable bonds is 16. The third-order valence-electron chi connectivity index (χ3n) is 5.89. The molecule has 7 N–H and O–H groups in total. The lowest BCUT2D eigenvalue weighted by atomic mass is 10.3. The molecule has 0 saturated carbocycles. The zero-order valence-electron chi connectivity index (χ0n) is 30.2. The molecular formula is C40H43ClI2N4O5S4. The lowest BCUT2D eigenvalue weighted by molar-refractivity contribution is -0.136. The first-order valence-electron chi connectivity index (χ1n) is 16.1. The van der Waals surface area contributed by atoms with Crippen molar-refractivity contribution in [3.8, 4) is 0 Å². The number of hydrogen-bond donors (Lipinski definition) is 5. The molecule has 0 spiro atoms. The normalized spacial score (nSPS) is 9.27. The number of nitrogens with one attached hydrogen (secondary N) is 2. The average Bonchev–Trinajstić information content (AvgIpc) is 3.17. The fraction of sp³-hybridized carbons (Fsp3) is 0.100. The Morgan fingerprint density at radius 2 is 0.857 bits per heavy atom. The van der Waals surface area contributed by atoms with Crippen molar-refractivity contribution in [2.75, 3.05) is 22.1 Å². The topological polar surface area (TPSA) is 165 Å². The van der Waals surface area contributed by atoms with Crippen LogP contribution >= 0.6 is 92.0 Å². The van der Waals surface area contributed by atoms with Crippen LogP contribution in [0.2, 0.25) is 0 Å². The van der Waals surface area contributed by atoms with Crippen molar-refractivity contribution in [2.24, 2.45) is 0 Å².